The first-order valence-electron chi connectivity index (χ1n) is 3.75. The molecule has 0 unspecified atom stereocenters. The Kier molecular flexibility index (Phi) is 3.50. The number of aliphatic hydroxyl groups excluding tert-OH is 2. The molecule has 1 aromatic rings. The number of H-pyrrole nitrogens is 1. The zero-order valence-corrected chi connectivity index (χ0v) is 6.64. The standard InChI is InChI=1S/C8H12N2O2/c11-5-8(6-12)10-4-7-2-1-3-9-7/h1-4,8-9,11-12H,5-6H2. The normalized spacial score (nSPS) is 11.6. The van der Waals surface area contributed by atoms with Crippen LogP contribution >= 0.6 is 0 Å². The number of hydrogen-bond acceptors (Lipinski definition) is 3. The molecule has 1 rings (SSSR count). The van der Waals surface area contributed by atoms with E-state index in [2.05, 4.69) is 9.98 Å². The molecule has 0 spiro atoms. The van der Waals surface area contributed by atoms with Crippen LogP contribution in [0.15, 0.2) is 23.3 Å². The predicted octanol–water partition coefficient (Wildman–Crippen LogP) is -0.213. The quantitative estimate of drug-likeness (QED) is 0.544. The highest BCUT2D eigenvalue weighted by atomic mass is 16.3. The molecule has 0 bridgehead atoms. The van der Waals surface area contributed by atoms with Crippen LogP contribution in [0.3, 0.4) is 0 Å². The second-order valence-electron chi connectivity index (χ2n) is 2.42. The molecular formula is C8H12N2O2. The Balaban J connectivity index is 2.49. The molecule has 0 saturated carbocycles. The van der Waals surface area contributed by atoms with Crippen molar-refractivity contribution in [1.82, 2.24) is 4.98 Å². The van der Waals surface area contributed by atoms with Gasteiger partial charge in [0.1, 0.15) is 0 Å². The third kappa shape index (κ3) is 2.48. The lowest BCUT2D eigenvalue weighted by Gasteiger charge is -2.02. The lowest BCUT2D eigenvalue weighted by molar-refractivity contribution is 0.195. The molecule has 0 saturated heterocycles. The van der Waals surface area contributed by atoms with Crippen molar-refractivity contribution in [2.24, 2.45) is 4.99 Å². The van der Waals surface area contributed by atoms with E-state index in [1.807, 2.05) is 12.1 Å². The van der Waals surface area contributed by atoms with Crippen LogP contribution in [-0.2, 0) is 0 Å². The number of aromatic nitrogens is 1. The van der Waals surface area contributed by atoms with Crippen molar-refractivity contribution in [3.63, 3.8) is 0 Å². The monoisotopic (exact) mass is 168 g/mol. The molecule has 0 fully saturated rings. The smallest absolute Gasteiger partial charge is 0.0961 e. The van der Waals surface area contributed by atoms with Crippen molar-refractivity contribution >= 4 is 6.21 Å². The molecule has 0 aromatic carbocycles. The second kappa shape index (κ2) is 4.69. The summed E-state index contributed by atoms with van der Waals surface area (Å²) in [5.41, 5.74) is 0.863. The van der Waals surface area contributed by atoms with Gasteiger partial charge in [0.05, 0.1) is 24.9 Å². The zero-order valence-electron chi connectivity index (χ0n) is 6.64. The highest BCUT2D eigenvalue weighted by Crippen LogP contribution is 1.92. The van der Waals surface area contributed by atoms with Crippen LogP contribution in [0.1, 0.15) is 5.69 Å². The largest absolute Gasteiger partial charge is 0.394 e. The van der Waals surface area contributed by atoms with E-state index in [0.717, 1.165) is 5.69 Å². The van der Waals surface area contributed by atoms with Gasteiger partial charge in [0.2, 0.25) is 0 Å². The average molecular weight is 168 g/mol. The number of nitrogens with zero attached hydrogens (tertiary/aromatic N) is 1. The molecule has 1 aromatic heterocycles. The summed E-state index contributed by atoms with van der Waals surface area (Å²) in [7, 11) is 0. The molecule has 66 valence electrons. The summed E-state index contributed by atoms with van der Waals surface area (Å²) in [6.07, 6.45) is 3.38. The van der Waals surface area contributed by atoms with Crippen molar-refractivity contribution in [1.29, 1.82) is 0 Å². The minimum absolute atomic E-state index is 0.131. The summed E-state index contributed by atoms with van der Waals surface area (Å²) >= 11 is 0. The van der Waals surface area contributed by atoms with Crippen LogP contribution in [0.25, 0.3) is 0 Å². The molecule has 4 heteroatoms. The molecule has 0 aliphatic rings. The molecule has 1 heterocycles. The van der Waals surface area contributed by atoms with Crippen molar-refractivity contribution in [3.05, 3.63) is 24.0 Å². The summed E-state index contributed by atoms with van der Waals surface area (Å²) in [4.78, 5) is 6.88. The summed E-state index contributed by atoms with van der Waals surface area (Å²) in [5.74, 6) is 0. The highest BCUT2D eigenvalue weighted by Gasteiger charge is 1.99. The molecule has 12 heavy (non-hydrogen) atoms. The van der Waals surface area contributed by atoms with E-state index in [9.17, 15) is 0 Å². The Morgan fingerprint density at radius 2 is 2.25 bits per heavy atom. The van der Waals surface area contributed by atoms with E-state index in [0.29, 0.717) is 0 Å². The van der Waals surface area contributed by atoms with Crippen LogP contribution in [0.2, 0.25) is 0 Å². The number of aliphatic imine (C=N–C) groups is 1. The second-order valence-corrected chi connectivity index (χ2v) is 2.42. The van der Waals surface area contributed by atoms with Gasteiger partial charge in [-0.2, -0.15) is 0 Å². The van der Waals surface area contributed by atoms with Crippen LogP contribution < -0.4 is 0 Å². The molecular weight excluding hydrogens is 156 g/mol. The first kappa shape index (κ1) is 8.96. The Labute approximate surface area is 70.6 Å². The van der Waals surface area contributed by atoms with E-state index < -0.39 is 6.04 Å². The molecule has 0 aliphatic heterocycles. The first-order chi connectivity index (χ1) is 5.86. The summed E-state index contributed by atoms with van der Waals surface area (Å²) in [6, 6.07) is 3.30. The Bertz CT molecular complexity index is 227. The van der Waals surface area contributed by atoms with Gasteiger partial charge in [0, 0.05) is 12.4 Å². The lowest BCUT2D eigenvalue weighted by Crippen LogP contribution is -2.15. The Morgan fingerprint density at radius 3 is 2.75 bits per heavy atom. The van der Waals surface area contributed by atoms with Gasteiger partial charge in [-0.1, -0.05) is 0 Å². The minimum Gasteiger partial charge on any atom is -0.394 e. The van der Waals surface area contributed by atoms with E-state index in [1.54, 1.807) is 12.4 Å². The van der Waals surface area contributed by atoms with Crippen LogP contribution in [-0.4, -0.2) is 40.7 Å². The van der Waals surface area contributed by atoms with Crippen molar-refractivity contribution < 1.29 is 10.2 Å². The summed E-state index contributed by atoms with van der Waals surface area (Å²) < 4.78 is 0. The number of aliphatic hydroxyl groups is 2. The highest BCUT2D eigenvalue weighted by molar-refractivity contribution is 5.77. The summed E-state index contributed by atoms with van der Waals surface area (Å²) in [5, 5.41) is 17.3. The maximum atomic E-state index is 8.67. The van der Waals surface area contributed by atoms with E-state index in [1.165, 1.54) is 0 Å². The van der Waals surface area contributed by atoms with Crippen LogP contribution in [0.4, 0.5) is 0 Å². The van der Waals surface area contributed by atoms with Gasteiger partial charge in [0.25, 0.3) is 0 Å². The minimum atomic E-state index is -0.409. The van der Waals surface area contributed by atoms with Crippen molar-refractivity contribution in [3.8, 4) is 0 Å². The maximum Gasteiger partial charge on any atom is 0.0961 e. The molecule has 0 amide bonds. The number of aromatic amines is 1. The zero-order chi connectivity index (χ0) is 8.81. The van der Waals surface area contributed by atoms with Gasteiger partial charge in [0.15, 0.2) is 0 Å². The summed E-state index contributed by atoms with van der Waals surface area (Å²) in [6.45, 7) is -0.262. The maximum absolute atomic E-state index is 8.67. The fourth-order valence-corrected chi connectivity index (χ4v) is 0.762. The predicted molar refractivity (Wildman–Crippen MR) is 46.3 cm³/mol. The lowest BCUT2D eigenvalue weighted by atomic mass is 10.3. The third-order valence-corrected chi connectivity index (χ3v) is 1.47. The van der Waals surface area contributed by atoms with E-state index in [4.69, 9.17) is 10.2 Å². The van der Waals surface area contributed by atoms with Gasteiger partial charge >= 0.3 is 0 Å². The fraction of sp³-hybridized carbons (Fsp3) is 0.375. The van der Waals surface area contributed by atoms with Gasteiger partial charge in [-0.05, 0) is 12.1 Å². The number of nitrogens with one attached hydrogen (secondary N) is 1. The average Bonchev–Trinajstić information content (AvgIpc) is 2.59. The molecule has 0 radical (unpaired) electrons. The van der Waals surface area contributed by atoms with Crippen LogP contribution in [0.5, 0.6) is 0 Å². The van der Waals surface area contributed by atoms with Crippen LogP contribution in [0, 0.1) is 0 Å². The van der Waals surface area contributed by atoms with Gasteiger partial charge in [-0.3, -0.25) is 4.99 Å². The first-order valence-corrected chi connectivity index (χ1v) is 3.75. The number of hydrogen-bond donors (Lipinski definition) is 3. The Hall–Kier alpha value is -1.13. The van der Waals surface area contributed by atoms with Gasteiger partial charge in [-0.15, -0.1) is 0 Å². The molecule has 0 aliphatic carbocycles. The topological polar surface area (TPSA) is 68.6 Å². The van der Waals surface area contributed by atoms with Crippen molar-refractivity contribution in [2.45, 2.75) is 6.04 Å². The van der Waals surface area contributed by atoms with Crippen molar-refractivity contribution in [2.75, 3.05) is 13.2 Å². The van der Waals surface area contributed by atoms with Gasteiger partial charge in [-0.25, -0.2) is 0 Å². The molecule has 4 nitrogen and oxygen atoms in total. The van der Waals surface area contributed by atoms with E-state index in [-0.39, 0.29) is 13.2 Å². The Morgan fingerprint density at radius 1 is 1.50 bits per heavy atom. The number of rotatable bonds is 4. The molecule has 0 atom stereocenters. The fourth-order valence-electron chi connectivity index (χ4n) is 0.762. The SMILES string of the molecule is OCC(CO)N=Cc1ccc[nH]1. The molecule has 3 N–H and O–H groups in total. The van der Waals surface area contributed by atoms with E-state index >= 15 is 0 Å². The van der Waals surface area contributed by atoms with Gasteiger partial charge < -0.3 is 15.2 Å². The third-order valence-electron chi connectivity index (χ3n) is 1.47.